The van der Waals surface area contributed by atoms with Gasteiger partial charge in [0.25, 0.3) is 5.91 Å². The molecule has 0 aromatic heterocycles. The number of aliphatic hydroxyl groups excluding tert-OH is 1. The summed E-state index contributed by atoms with van der Waals surface area (Å²) in [7, 11) is 0. The molecule has 5 heteroatoms. The van der Waals surface area contributed by atoms with E-state index in [1.165, 1.54) is 6.07 Å². The maximum absolute atomic E-state index is 12.9. The highest BCUT2D eigenvalue weighted by molar-refractivity contribution is 5.97. The second kappa shape index (κ2) is 7.68. The van der Waals surface area contributed by atoms with Gasteiger partial charge < -0.3 is 19.8 Å². The molecule has 2 atom stereocenters. The number of carbonyl (C=O) groups is 1. The summed E-state index contributed by atoms with van der Waals surface area (Å²) in [6.07, 6.45) is -0.281. The van der Waals surface area contributed by atoms with Gasteiger partial charge >= 0.3 is 0 Å². The zero-order valence-electron chi connectivity index (χ0n) is 14.3. The van der Waals surface area contributed by atoms with Crippen LogP contribution < -0.4 is 0 Å². The Morgan fingerprint density at radius 3 is 2.80 bits per heavy atom. The van der Waals surface area contributed by atoms with Crippen molar-refractivity contribution in [2.45, 2.75) is 25.5 Å². The fraction of sp³-hybridized carbons (Fsp3) is 0.350. The number of hydrogen-bond acceptors (Lipinski definition) is 4. The van der Waals surface area contributed by atoms with Gasteiger partial charge in [0.1, 0.15) is 5.75 Å². The van der Waals surface area contributed by atoms with Gasteiger partial charge in [-0.2, -0.15) is 0 Å². The summed E-state index contributed by atoms with van der Waals surface area (Å²) in [6.45, 7) is 3.16. The van der Waals surface area contributed by atoms with Gasteiger partial charge in [-0.05, 0) is 24.6 Å². The molecule has 5 nitrogen and oxygen atoms in total. The first-order valence-corrected chi connectivity index (χ1v) is 8.47. The average Bonchev–Trinajstić information content (AvgIpc) is 2.64. The normalized spacial score (nSPS) is 18.8. The van der Waals surface area contributed by atoms with E-state index in [2.05, 4.69) is 0 Å². The summed E-state index contributed by atoms with van der Waals surface area (Å²) >= 11 is 0. The van der Waals surface area contributed by atoms with Crippen molar-refractivity contribution < 1.29 is 19.7 Å². The number of hydrogen-bond donors (Lipinski definition) is 2. The number of amides is 1. The van der Waals surface area contributed by atoms with Gasteiger partial charge in [-0.15, -0.1) is 0 Å². The number of carbonyl (C=O) groups excluding carboxylic acids is 1. The molecule has 1 amide bonds. The predicted molar refractivity (Wildman–Crippen MR) is 94.5 cm³/mol. The van der Waals surface area contributed by atoms with E-state index in [-0.39, 0.29) is 17.7 Å². The number of morpholine rings is 1. The van der Waals surface area contributed by atoms with Crippen LogP contribution in [-0.4, -0.2) is 46.8 Å². The number of aromatic hydroxyl groups is 1. The van der Waals surface area contributed by atoms with E-state index in [1.54, 1.807) is 17.0 Å². The summed E-state index contributed by atoms with van der Waals surface area (Å²) in [4.78, 5) is 14.6. The Morgan fingerprint density at radius 2 is 2.04 bits per heavy atom. The van der Waals surface area contributed by atoms with Crippen LogP contribution >= 0.6 is 0 Å². The summed E-state index contributed by atoms with van der Waals surface area (Å²) in [5, 5.41) is 20.6. The van der Waals surface area contributed by atoms with Crippen molar-refractivity contribution in [2.24, 2.45) is 0 Å². The Balaban J connectivity index is 1.78. The Bertz CT molecular complexity index is 732. The van der Waals surface area contributed by atoms with E-state index >= 15 is 0 Å². The SMILES string of the molecule is Cc1ccc(O)c(C(=O)N2CCOC[C@@H]2C[C@H](O)c2ccccc2)c1. The Kier molecular flexibility index (Phi) is 5.36. The van der Waals surface area contributed by atoms with Crippen molar-refractivity contribution in [3.63, 3.8) is 0 Å². The smallest absolute Gasteiger partial charge is 0.258 e. The monoisotopic (exact) mass is 341 g/mol. The Hall–Kier alpha value is -2.37. The molecule has 1 aliphatic rings. The molecule has 2 aromatic carbocycles. The molecule has 1 fully saturated rings. The minimum absolute atomic E-state index is 0.0237. The maximum Gasteiger partial charge on any atom is 0.258 e. The summed E-state index contributed by atoms with van der Waals surface area (Å²) in [5.74, 6) is -0.251. The van der Waals surface area contributed by atoms with Gasteiger partial charge in [-0.25, -0.2) is 0 Å². The highest BCUT2D eigenvalue weighted by atomic mass is 16.5. The fourth-order valence-electron chi connectivity index (χ4n) is 3.16. The number of ether oxygens (including phenoxy) is 1. The first-order chi connectivity index (χ1) is 12.1. The van der Waals surface area contributed by atoms with E-state index in [9.17, 15) is 15.0 Å². The molecule has 132 valence electrons. The minimum atomic E-state index is -0.672. The molecule has 2 N–H and O–H groups in total. The number of phenols is 1. The van der Waals surface area contributed by atoms with Gasteiger partial charge in [0, 0.05) is 13.0 Å². The molecule has 1 aliphatic heterocycles. The first kappa shape index (κ1) is 17.5. The van der Waals surface area contributed by atoms with Crippen molar-refractivity contribution >= 4 is 5.91 Å². The van der Waals surface area contributed by atoms with Gasteiger partial charge in [-0.1, -0.05) is 42.0 Å². The van der Waals surface area contributed by atoms with Crippen molar-refractivity contribution in [3.8, 4) is 5.75 Å². The molecule has 0 saturated carbocycles. The van der Waals surface area contributed by atoms with E-state index in [0.29, 0.717) is 31.7 Å². The predicted octanol–water partition coefficient (Wildman–Crippen LogP) is 2.67. The lowest BCUT2D eigenvalue weighted by atomic mass is 9.99. The zero-order valence-corrected chi connectivity index (χ0v) is 14.3. The highest BCUT2D eigenvalue weighted by Gasteiger charge is 2.31. The summed E-state index contributed by atoms with van der Waals surface area (Å²) < 4.78 is 5.52. The van der Waals surface area contributed by atoms with Gasteiger partial charge in [0.2, 0.25) is 0 Å². The van der Waals surface area contributed by atoms with Gasteiger partial charge in [-0.3, -0.25) is 4.79 Å². The molecule has 0 bridgehead atoms. The van der Waals surface area contributed by atoms with Crippen LogP contribution in [0, 0.1) is 6.92 Å². The number of benzene rings is 2. The molecule has 0 radical (unpaired) electrons. The lowest BCUT2D eigenvalue weighted by Crippen LogP contribution is -2.49. The highest BCUT2D eigenvalue weighted by Crippen LogP contribution is 2.26. The number of aliphatic hydroxyl groups is 1. The third-order valence-electron chi connectivity index (χ3n) is 4.55. The quantitative estimate of drug-likeness (QED) is 0.897. The molecular weight excluding hydrogens is 318 g/mol. The average molecular weight is 341 g/mol. The molecule has 0 spiro atoms. The molecule has 0 aliphatic carbocycles. The molecule has 1 heterocycles. The molecule has 0 unspecified atom stereocenters. The van der Waals surface area contributed by atoms with Crippen LogP contribution in [-0.2, 0) is 4.74 Å². The number of rotatable bonds is 4. The van der Waals surface area contributed by atoms with Crippen molar-refractivity contribution in [2.75, 3.05) is 19.8 Å². The van der Waals surface area contributed by atoms with E-state index in [0.717, 1.165) is 11.1 Å². The molecule has 3 rings (SSSR count). The molecule has 2 aromatic rings. The van der Waals surface area contributed by atoms with Crippen LogP contribution in [0.15, 0.2) is 48.5 Å². The van der Waals surface area contributed by atoms with Crippen molar-refractivity contribution in [1.29, 1.82) is 0 Å². The van der Waals surface area contributed by atoms with E-state index in [4.69, 9.17) is 4.74 Å². The summed E-state index contributed by atoms with van der Waals surface area (Å²) in [5.41, 5.74) is 2.02. The van der Waals surface area contributed by atoms with Crippen LogP contribution in [0.5, 0.6) is 5.75 Å². The topological polar surface area (TPSA) is 70.0 Å². The standard InChI is InChI=1S/C20H23NO4/c1-14-7-8-18(22)17(11-14)20(24)21-9-10-25-13-16(21)12-19(23)15-5-3-2-4-6-15/h2-8,11,16,19,22-23H,9-10,12-13H2,1H3/t16-,19-/m0/s1. The second-order valence-corrected chi connectivity index (χ2v) is 6.41. The largest absolute Gasteiger partial charge is 0.507 e. The van der Waals surface area contributed by atoms with Crippen LogP contribution in [0.3, 0.4) is 0 Å². The van der Waals surface area contributed by atoms with Crippen LogP contribution in [0.2, 0.25) is 0 Å². The first-order valence-electron chi connectivity index (χ1n) is 8.47. The summed E-state index contributed by atoms with van der Waals surface area (Å²) in [6, 6.07) is 14.1. The minimum Gasteiger partial charge on any atom is -0.507 e. The van der Waals surface area contributed by atoms with Gasteiger partial charge in [0.15, 0.2) is 0 Å². The number of nitrogens with zero attached hydrogens (tertiary/aromatic N) is 1. The maximum atomic E-state index is 12.9. The van der Waals surface area contributed by atoms with E-state index in [1.807, 2.05) is 37.3 Å². The lowest BCUT2D eigenvalue weighted by Gasteiger charge is -2.37. The molecular formula is C20H23NO4. The van der Waals surface area contributed by atoms with Crippen molar-refractivity contribution in [3.05, 3.63) is 65.2 Å². The second-order valence-electron chi connectivity index (χ2n) is 6.41. The Morgan fingerprint density at radius 1 is 1.28 bits per heavy atom. The molecule has 1 saturated heterocycles. The third-order valence-corrected chi connectivity index (χ3v) is 4.55. The van der Waals surface area contributed by atoms with E-state index < -0.39 is 6.10 Å². The van der Waals surface area contributed by atoms with Crippen molar-refractivity contribution in [1.82, 2.24) is 4.90 Å². The van der Waals surface area contributed by atoms with Gasteiger partial charge in [0.05, 0.1) is 30.9 Å². The lowest BCUT2D eigenvalue weighted by molar-refractivity contribution is -0.0175. The van der Waals surface area contributed by atoms with Crippen LogP contribution in [0.25, 0.3) is 0 Å². The zero-order chi connectivity index (χ0) is 17.8. The third kappa shape index (κ3) is 4.00. The van der Waals surface area contributed by atoms with Crippen LogP contribution in [0.4, 0.5) is 0 Å². The number of phenolic OH excluding ortho intramolecular Hbond substituents is 1. The molecule has 25 heavy (non-hydrogen) atoms. The fourth-order valence-corrected chi connectivity index (χ4v) is 3.16. The Labute approximate surface area is 147 Å². The van der Waals surface area contributed by atoms with Crippen LogP contribution in [0.1, 0.15) is 34.0 Å². The number of aryl methyl sites for hydroxylation is 1.